The lowest BCUT2D eigenvalue weighted by molar-refractivity contribution is 0.338. The topological polar surface area (TPSA) is 18.5 Å². The minimum Gasteiger partial charge on any atom is -0.421 e. The molecule has 14 heavy (non-hydrogen) atoms. The van der Waals surface area contributed by atoms with Gasteiger partial charge in [-0.1, -0.05) is 5.70 Å². The van der Waals surface area contributed by atoms with Crippen molar-refractivity contribution < 1.29 is 8.85 Å². The van der Waals surface area contributed by atoms with Gasteiger partial charge in [-0.15, -0.1) is 6.58 Å². The van der Waals surface area contributed by atoms with E-state index < -0.39 is 16.6 Å². The molecule has 0 unspecified atom stereocenters. The summed E-state index contributed by atoms with van der Waals surface area (Å²) < 4.78 is 10.5. The van der Waals surface area contributed by atoms with Crippen LogP contribution in [-0.2, 0) is 8.85 Å². The maximum Gasteiger partial charge on any atom is 0.210 e. The quantitative estimate of drug-likeness (QED) is 0.694. The lowest BCUT2D eigenvalue weighted by atomic mass is 10.9. The Hall–Kier alpha value is 0.0938. The Labute approximate surface area is 91.6 Å². The van der Waals surface area contributed by atoms with E-state index in [-0.39, 0.29) is 0 Å². The zero-order valence-electron chi connectivity index (χ0n) is 10.8. The van der Waals surface area contributed by atoms with E-state index >= 15 is 0 Å². The highest BCUT2D eigenvalue weighted by Crippen LogP contribution is 2.02. The van der Waals surface area contributed by atoms with E-state index in [1.807, 2.05) is 12.6 Å². The first-order valence-corrected chi connectivity index (χ1v) is 11.4. The largest absolute Gasteiger partial charge is 0.421 e. The summed E-state index contributed by atoms with van der Waals surface area (Å²) in [5.74, 6) is 0. The van der Waals surface area contributed by atoms with E-state index in [9.17, 15) is 0 Å². The van der Waals surface area contributed by atoms with Gasteiger partial charge in [0.25, 0.3) is 0 Å². The van der Waals surface area contributed by atoms with Gasteiger partial charge in [-0.3, -0.25) is 0 Å². The monoisotopic (exact) mass is 234 g/mol. The molecule has 0 bridgehead atoms. The lowest BCUT2D eigenvalue weighted by Crippen LogP contribution is -2.27. The van der Waals surface area contributed by atoms with Crippen molar-refractivity contribution in [2.75, 3.05) is 13.7 Å². The van der Waals surface area contributed by atoms with Gasteiger partial charge in [0.2, 0.25) is 8.32 Å². The lowest BCUT2D eigenvalue weighted by Gasteiger charge is -2.15. The minimum atomic E-state index is -1.41. The van der Waals surface area contributed by atoms with Crippen molar-refractivity contribution >= 4 is 16.6 Å². The van der Waals surface area contributed by atoms with Crippen LogP contribution in [0.25, 0.3) is 0 Å². The maximum absolute atomic E-state index is 5.40. The van der Waals surface area contributed by atoms with E-state index in [0.717, 1.165) is 6.61 Å². The SMILES string of the molecule is C=C[Si](C)(C)OCC.CO[Si](C)(C)C. The fourth-order valence-corrected chi connectivity index (χ4v) is 1.29. The number of hydrogen-bond donors (Lipinski definition) is 0. The molecular formula is C10H26O2Si2. The smallest absolute Gasteiger partial charge is 0.210 e. The van der Waals surface area contributed by atoms with Gasteiger partial charge in [-0.05, 0) is 39.7 Å². The molecule has 0 atom stereocenters. The summed E-state index contributed by atoms with van der Waals surface area (Å²) in [5.41, 5.74) is 1.94. The van der Waals surface area contributed by atoms with Gasteiger partial charge in [-0.25, -0.2) is 0 Å². The second-order valence-corrected chi connectivity index (χ2v) is 13.1. The number of hydrogen-bond acceptors (Lipinski definition) is 2. The van der Waals surface area contributed by atoms with Crippen LogP contribution in [0.5, 0.6) is 0 Å². The van der Waals surface area contributed by atoms with Crippen LogP contribution < -0.4 is 0 Å². The molecule has 4 heteroatoms. The van der Waals surface area contributed by atoms with Gasteiger partial charge in [-0.2, -0.15) is 0 Å². The highest BCUT2D eigenvalue weighted by atomic mass is 28.4. The zero-order valence-corrected chi connectivity index (χ0v) is 12.8. The van der Waals surface area contributed by atoms with E-state index in [4.69, 9.17) is 8.85 Å². The Morgan fingerprint density at radius 1 is 1.14 bits per heavy atom. The highest BCUT2D eigenvalue weighted by molar-refractivity contribution is 6.76. The standard InChI is InChI=1S/C6H14OSi.C4H12OSi/c1-5-7-8(3,4)6-2;1-5-6(2,3)4/h6H,2,5H2,1,3-4H3;1-4H3. The first kappa shape index (κ1) is 16.5. The highest BCUT2D eigenvalue weighted by Gasteiger charge is 2.14. The molecule has 0 fully saturated rings. The van der Waals surface area contributed by atoms with Crippen molar-refractivity contribution in [3.05, 3.63) is 12.3 Å². The summed E-state index contributed by atoms with van der Waals surface area (Å²) in [5, 5.41) is 0. The first-order chi connectivity index (χ1) is 6.18. The molecule has 0 aromatic rings. The van der Waals surface area contributed by atoms with Crippen LogP contribution >= 0.6 is 0 Å². The average Bonchev–Trinajstić information content (AvgIpc) is 2.04. The predicted molar refractivity (Wildman–Crippen MR) is 69.7 cm³/mol. The summed E-state index contributed by atoms with van der Waals surface area (Å²) in [6.07, 6.45) is 0. The van der Waals surface area contributed by atoms with E-state index in [2.05, 4.69) is 39.3 Å². The van der Waals surface area contributed by atoms with Crippen LogP contribution in [0.15, 0.2) is 12.3 Å². The molecule has 0 aliphatic rings. The fraction of sp³-hybridized carbons (Fsp3) is 0.800. The van der Waals surface area contributed by atoms with Crippen molar-refractivity contribution in [2.24, 2.45) is 0 Å². The Balaban J connectivity index is 0. The molecular weight excluding hydrogens is 208 g/mol. The van der Waals surface area contributed by atoms with Gasteiger partial charge in [0.05, 0.1) is 0 Å². The van der Waals surface area contributed by atoms with Crippen LogP contribution in [0.1, 0.15) is 6.92 Å². The van der Waals surface area contributed by atoms with Crippen molar-refractivity contribution in [3.8, 4) is 0 Å². The molecule has 0 aliphatic heterocycles. The molecule has 0 aromatic carbocycles. The molecule has 0 saturated heterocycles. The molecule has 0 N–H and O–H groups in total. The van der Waals surface area contributed by atoms with Crippen LogP contribution in [0.2, 0.25) is 32.7 Å². The van der Waals surface area contributed by atoms with E-state index in [1.54, 1.807) is 7.11 Å². The van der Waals surface area contributed by atoms with Crippen molar-refractivity contribution in [1.82, 2.24) is 0 Å². The Morgan fingerprint density at radius 3 is 1.57 bits per heavy atom. The molecule has 0 aliphatic carbocycles. The first-order valence-electron chi connectivity index (χ1n) is 5.01. The summed E-state index contributed by atoms with van der Waals surface area (Å²) in [6, 6.07) is 0. The molecule has 0 spiro atoms. The fourth-order valence-electron chi connectivity index (χ4n) is 0.431. The van der Waals surface area contributed by atoms with E-state index in [1.165, 1.54) is 0 Å². The van der Waals surface area contributed by atoms with Crippen molar-refractivity contribution in [3.63, 3.8) is 0 Å². The van der Waals surface area contributed by atoms with Crippen molar-refractivity contribution in [1.29, 1.82) is 0 Å². The molecule has 0 rings (SSSR count). The Morgan fingerprint density at radius 2 is 1.50 bits per heavy atom. The zero-order chi connectivity index (χ0) is 11.8. The van der Waals surface area contributed by atoms with Crippen LogP contribution in [-0.4, -0.2) is 30.4 Å². The van der Waals surface area contributed by atoms with Gasteiger partial charge in [0, 0.05) is 13.7 Å². The van der Waals surface area contributed by atoms with Crippen LogP contribution in [0, 0.1) is 0 Å². The summed E-state index contributed by atoms with van der Waals surface area (Å²) in [6.45, 7) is 17.2. The maximum atomic E-state index is 5.40. The molecule has 86 valence electrons. The molecule has 0 saturated carbocycles. The summed E-state index contributed by atoms with van der Waals surface area (Å²) in [4.78, 5) is 0. The molecule has 0 aromatic heterocycles. The molecule has 0 radical (unpaired) electrons. The molecule has 0 amide bonds. The summed E-state index contributed by atoms with van der Waals surface area (Å²) >= 11 is 0. The average molecular weight is 234 g/mol. The normalized spacial score (nSPS) is 11.6. The second kappa shape index (κ2) is 7.39. The van der Waals surface area contributed by atoms with Crippen molar-refractivity contribution in [2.45, 2.75) is 39.7 Å². The number of rotatable bonds is 4. The van der Waals surface area contributed by atoms with Gasteiger partial charge >= 0.3 is 0 Å². The minimum absolute atomic E-state index is 0.811. The third kappa shape index (κ3) is 14.6. The third-order valence-corrected chi connectivity index (χ3v) is 4.86. The Bertz CT molecular complexity index is 151. The van der Waals surface area contributed by atoms with Gasteiger partial charge in [0.15, 0.2) is 8.32 Å². The van der Waals surface area contributed by atoms with Gasteiger partial charge in [0.1, 0.15) is 0 Å². The second-order valence-electron chi connectivity index (χ2n) is 4.56. The van der Waals surface area contributed by atoms with E-state index in [0.29, 0.717) is 0 Å². The molecule has 2 nitrogen and oxygen atoms in total. The predicted octanol–water partition coefficient (Wildman–Crippen LogP) is 3.42. The summed E-state index contributed by atoms with van der Waals surface area (Å²) in [7, 11) is -0.774. The molecule has 0 heterocycles. The van der Waals surface area contributed by atoms with Gasteiger partial charge < -0.3 is 8.85 Å². The Kier molecular flexibility index (Phi) is 8.73. The third-order valence-electron chi connectivity index (χ3n) is 1.62. The van der Waals surface area contributed by atoms with Crippen LogP contribution in [0.3, 0.4) is 0 Å². The van der Waals surface area contributed by atoms with Crippen LogP contribution in [0.4, 0.5) is 0 Å².